The van der Waals surface area contributed by atoms with Crippen molar-refractivity contribution in [2.45, 2.75) is 32.7 Å². The van der Waals surface area contributed by atoms with Crippen LogP contribution in [-0.4, -0.2) is 72.5 Å². The number of carboxylic acids is 1. The average molecular weight is 313 g/mol. The second kappa shape index (κ2) is 8.12. The van der Waals surface area contributed by atoms with Crippen molar-refractivity contribution in [1.82, 2.24) is 15.1 Å². The highest BCUT2D eigenvalue weighted by Gasteiger charge is 2.36. The summed E-state index contributed by atoms with van der Waals surface area (Å²) in [6.07, 6.45) is 0.821. The van der Waals surface area contributed by atoms with E-state index in [1.807, 2.05) is 25.9 Å². The summed E-state index contributed by atoms with van der Waals surface area (Å²) in [5, 5.41) is 11.8. The topological polar surface area (TPSA) is 90.0 Å². The van der Waals surface area contributed by atoms with Crippen molar-refractivity contribution < 1.29 is 19.5 Å². The van der Waals surface area contributed by atoms with Crippen LogP contribution in [0.5, 0.6) is 0 Å². The molecule has 0 spiro atoms. The second-order valence-electron chi connectivity index (χ2n) is 6.25. The molecule has 1 aliphatic rings. The van der Waals surface area contributed by atoms with Gasteiger partial charge < -0.3 is 20.2 Å². The molecule has 22 heavy (non-hydrogen) atoms. The van der Waals surface area contributed by atoms with Crippen LogP contribution < -0.4 is 5.32 Å². The Hall–Kier alpha value is -1.63. The van der Waals surface area contributed by atoms with Crippen LogP contribution in [0.1, 0.15) is 26.7 Å². The lowest BCUT2D eigenvalue weighted by molar-refractivity contribution is -0.143. The van der Waals surface area contributed by atoms with Crippen molar-refractivity contribution in [2.75, 3.05) is 33.7 Å². The largest absolute Gasteiger partial charge is 0.480 e. The molecule has 3 atom stereocenters. The van der Waals surface area contributed by atoms with E-state index in [0.717, 1.165) is 6.54 Å². The second-order valence-corrected chi connectivity index (χ2v) is 6.25. The summed E-state index contributed by atoms with van der Waals surface area (Å²) in [6.45, 7) is 5.37. The molecule has 126 valence electrons. The molecule has 0 aromatic carbocycles. The summed E-state index contributed by atoms with van der Waals surface area (Å²) in [5.74, 6) is -2.02. The van der Waals surface area contributed by atoms with Crippen LogP contribution in [-0.2, 0) is 14.4 Å². The van der Waals surface area contributed by atoms with Crippen molar-refractivity contribution in [3.05, 3.63) is 0 Å². The Labute approximate surface area is 131 Å². The minimum atomic E-state index is -1.03. The van der Waals surface area contributed by atoms with Gasteiger partial charge in [0.2, 0.25) is 11.8 Å². The lowest BCUT2D eigenvalue weighted by Crippen LogP contribution is -2.47. The molecule has 0 aromatic rings. The number of carbonyl (C=O) groups excluding carboxylic acids is 2. The minimum Gasteiger partial charge on any atom is -0.480 e. The molecule has 1 aliphatic heterocycles. The summed E-state index contributed by atoms with van der Waals surface area (Å²) in [4.78, 5) is 39.1. The Morgan fingerprint density at radius 2 is 2.09 bits per heavy atom. The third kappa shape index (κ3) is 4.98. The number of aliphatic carboxylic acids is 1. The van der Waals surface area contributed by atoms with Gasteiger partial charge in [0.25, 0.3) is 0 Å². The molecule has 0 aliphatic carbocycles. The van der Waals surface area contributed by atoms with E-state index >= 15 is 0 Å². The number of rotatable bonds is 8. The molecule has 0 radical (unpaired) electrons. The van der Waals surface area contributed by atoms with E-state index in [1.54, 1.807) is 11.8 Å². The maximum absolute atomic E-state index is 12.2. The summed E-state index contributed by atoms with van der Waals surface area (Å²) in [5.41, 5.74) is 0. The zero-order valence-corrected chi connectivity index (χ0v) is 13.8. The molecule has 1 fully saturated rings. The molecule has 1 saturated heterocycles. The summed E-state index contributed by atoms with van der Waals surface area (Å²) >= 11 is 0. The Kier molecular flexibility index (Phi) is 6.80. The van der Waals surface area contributed by atoms with Gasteiger partial charge in [-0.05, 0) is 20.0 Å². The Balaban J connectivity index is 2.59. The van der Waals surface area contributed by atoms with Gasteiger partial charge in [-0.2, -0.15) is 0 Å². The quantitative estimate of drug-likeness (QED) is 0.659. The van der Waals surface area contributed by atoms with E-state index < -0.39 is 17.9 Å². The highest BCUT2D eigenvalue weighted by Crippen LogP contribution is 2.19. The molecule has 7 nitrogen and oxygen atoms in total. The van der Waals surface area contributed by atoms with Gasteiger partial charge in [-0.25, -0.2) is 4.79 Å². The molecule has 0 bridgehead atoms. The van der Waals surface area contributed by atoms with Crippen LogP contribution >= 0.6 is 0 Å². The molecule has 7 heteroatoms. The van der Waals surface area contributed by atoms with E-state index in [2.05, 4.69) is 5.32 Å². The lowest BCUT2D eigenvalue weighted by atomic mass is 9.98. The summed E-state index contributed by atoms with van der Waals surface area (Å²) in [7, 11) is 3.85. The fourth-order valence-electron chi connectivity index (χ4n) is 2.44. The number of nitrogens with zero attached hydrogens (tertiary/aromatic N) is 2. The number of carboxylic acid groups (broad SMARTS) is 1. The number of hydrogen-bond acceptors (Lipinski definition) is 4. The maximum atomic E-state index is 12.2. The first-order chi connectivity index (χ1) is 10.3. The van der Waals surface area contributed by atoms with Gasteiger partial charge in [-0.3, -0.25) is 9.59 Å². The Morgan fingerprint density at radius 3 is 2.59 bits per heavy atom. The van der Waals surface area contributed by atoms with E-state index in [0.29, 0.717) is 19.5 Å². The summed E-state index contributed by atoms with van der Waals surface area (Å²) < 4.78 is 0. The Morgan fingerprint density at radius 1 is 1.45 bits per heavy atom. The number of carbonyl (C=O) groups is 3. The van der Waals surface area contributed by atoms with Crippen molar-refractivity contribution >= 4 is 17.8 Å². The van der Waals surface area contributed by atoms with Gasteiger partial charge in [0.05, 0.1) is 5.92 Å². The first-order valence-corrected chi connectivity index (χ1v) is 7.71. The average Bonchev–Trinajstić information content (AvgIpc) is 2.82. The molecular weight excluding hydrogens is 286 g/mol. The van der Waals surface area contributed by atoms with Crippen LogP contribution in [0.4, 0.5) is 0 Å². The van der Waals surface area contributed by atoms with Crippen LogP contribution in [0.2, 0.25) is 0 Å². The van der Waals surface area contributed by atoms with Crippen molar-refractivity contribution in [2.24, 2.45) is 11.8 Å². The lowest BCUT2D eigenvalue weighted by Gasteiger charge is -2.22. The van der Waals surface area contributed by atoms with Crippen LogP contribution in [0.25, 0.3) is 0 Å². The number of nitrogens with one attached hydrogen (secondary N) is 1. The van der Waals surface area contributed by atoms with Gasteiger partial charge in [-0.15, -0.1) is 0 Å². The van der Waals surface area contributed by atoms with E-state index in [1.165, 1.54) is 0 Å². The normalized spacial score (nSPS) is 21.0. The zero-order valence-electron chi connectivity index (χ0n) is 13.8. The Bertz CT molecular complexity index is 425. The van der Waals surface area contributed by atoms with Crippen LogP contribution in [0.15, 0.2) is 0 Å². The van der Waals surface area contributed by atoms with Crippen molar-refractivity contribution in [1.29, 1.82) is 0 Å². The number of amides is 2. The number of likely N-dealkylation sites (N-methyl/N-ethyl adjacent to an activating group) is 1. The van der Waals surface area contributed by atoms with Crippen LogP contribution in [0, 0.1) is 11.8 Å². The first kappa shape index (κ1) is 18.4. The third-order valence-electron chi connectivity index (χ3n) is 4.18. The van der Waals surface area contributed by atoms with Gasteiger partial charge >= 0.3 is 5.97 Å². The summed E-state index contributed by atoms with van der Waals surface area (Å²) in [6, 6.07) is -0.900. The maximum Gasteiger partial charge on any atom is 0.326 e. The highest BCUT2D eigenvalue weighted by molar-refractivity contribution is 5.91. The van der Waals surface area contributed by atoms with E-state index in [4.69, 9.17) is 0 Å². The van der Waals surface area contributed by atoms with Gasteiger partial charge in [0.15, 0.2) is 0 Å². The monoisotopic (exact) mass is 313 g/mol. The smallest absolute Gasteiger partial charge is 0.326 e. The van der Waals surface area contributed by atoms with Crippen molar-refractivity contribution in [3.63, 3.8) is 0 Å². The minimum absolute atomic E-state index is 0.0441. The first-order valence-electron chi connectivity index (χ1n) is 7.71. The van der Waals surface area contributed by atoms with E-state index in [9.17, 15) is 19.5 Å². The molecule has 0 saturated carbocycles. The zero-order chi connectivity index (χ0) is 16.9. The van der Waals surface area contributed by atoms with Gasteiger partial charge in [0, 0.05) is 26.1 Å². The van der Waals surface area contributed by atoms with Gasteiger partial charge in [0.1, 0.15) is 6.04 Å². The molecule has 0 aromatic heterocycles. The molecule has 1 heterocycles. The molecule has 2 N–H and O–H groups in total. The SMILES string of the molecule is CC[C@H](C)[C@H](NC(=O)C1CC(=O)N(CCN(C)C)C1)C(=O)O. The third-order valence-corrected chi connectivity index (χ3v) is 4.18. The molecular formula is C15H27N3O4. The van der Waals surface area contributed by atoms with Gasteiger partial charge in [-0.1, -0.05) is 20.3 Å². The standard InChI is InChI=1S/C15H27N3O4/c1-5-10(2)13(15(21)22)16-14(20)11-8-12(19)18(9-11)7-6-17(3)4/h10-11,13H,5-9H2,1-4H3,(H,16,20)(H,21,22)/t10-,11?,13-/m0/s1. The highest BCUT2D eigenvalue weighted by atomic mass is 16.4. The fraction of sp³-hybridized carbons (Fsp3) is 0.800. The predicted molar refractivity (Wildman–Crippen MR) is 82.3 cm³/mol. The van der Waals surface area contributed by atoms with Crippen molar-refractivity contribution in [3.8, 4) is 0 Å². The molecule has 1 unspecified atom stereocenters. The van der Waals surface area contributed by atoms with Crippen LogP contribution in [0.3, 0.4) is 0 Å². The number of likely N-dealkylation sites (tertiary alicyclic amines) is 1. The molecule has 2 amide bonds. The van der Waals surface area contributed by atoms with E-state index in [-0.39, 0.29) is 24.2 Å². The molecule has 1 rings (SSSR count). The number of hydrogen-bond donors (Lipinski definition) is 2. The predicted octanol–water partition coefficient (Wildman–Crippen LogP) is 0.0120. The fourth-order valence-corrected chi connectivity index (χ4v) is 2.44.